The van der Waals surface area contributed by atoms with Gasteiger partial charge in [0.2, 0.25) is 0 Å². The Morgan fingerprint density at radius 3 is 2.36 bits per heavy atom. The molecule has 33 heavy (non-hydrogen) atoms. The summed E-state index contributed by atoms with van der Waals surface area (Å²) < 4.78 is 41.9. The molecule has 0 atom stereocenters. The molecule has 5 rings (SSSR count). The van der Waals surface area contributed by atoms with Crippen molar-refractivity contribution >= 4 is 17.3 Å². The van der Waals surface area contributed by atoms with E-state index in [-0.39, 0.29) is 35.4 Å². The van der Waals surface area contributed by atoms with E-state index >= 15 is 0 Å². The van der Waals surface area contributed by atoms with Gasteiger partial charge in [0.05, 0.1) is 17.7 Å². The van der Waals surface area contributed by atoms with Crippen LogP contribution in [-0.4, -0.2) is 28.8 Å². The van der Waals surface area contributed by atoms with Gasteiger partial charge in [-0.15, -0.1) is 0 Å². The summed E-state index contributed by atoms with van der Waals surface area (Å²) in [5.41, 5.74) is 0.885. The SMILES string of the molecule is O=C(Cc1ccc(N2C3CCC2CC3)cc1C(F)(F)F)C1=CCc2cccc(CO)c2C1=O. The molecule has 1 aliphatic carbocycles. The smallest absolute Gasteiger partial charge is 0.392 e. The average molecular weight is 455 g/mol. The van der Waals surface area contributed by atoms with Crippen molar-refractivity contribution in [1.82, 2.24) is 0 Å². The maximum atomic E-state index is 14.0. The second kappa shape index (κ2) is 8.13. The molecule has 0 amide bonds. The molecule has 2 fully saturated rings. The van der Waals surface area contributed by atoms with E-state index in [0.717, 1.165) is 31.7 Å². The molecule has 2 heterocycles. The topological polar surface area (TPSA) is 57.6 Å². The highest BCUT2D eigenvalue weighted by Crippen LogP contribution is 2.43. The summed E-state index contributed by atoms with van der Waals surface area (Å²) >= 11 is 0. The van der Waals surface area contributed by atoms with Gasteiger partial charge in [-0.2, -0.15) is 13.2 Å². The summed E-state index contributed by atoms with van der Waals surface area (Å²) in [6.07, 6.45) is 0.692. The summed E-state index contributed by atoms with van der Waals surface area (Å²) in [7, 11) is 0. The largest absolute Gasteiger partial charge is 0.416 e. The molecule has 3 aliphatic rings. The van der Waals surface area contributed by atoms with Gasteiger partial charge < -0.3 is 10.0 Å². The number of anilines is 1. The van der Waals surface area contributed by atoms with Crippen LogP contribution < -0.4 is 4.90 Å². The van der Waals surface area contributed by atoms with Crippen molar-refractivity contribution in [2.45, 2.75) is 63.4 Å². The van der Waals surface area contributed by atoms with E-state index in [1.54, 1.807) is 24.3 Å². The van der Waals surface area contributed by atoms with Gasteiger partial charge >= 0.3 is 6.18 Å². The number of alkyl halides is 3. The zero-order chi connectivity index (χ0) is 23.3. The van der Waals surface area contributed by atoms with Gasteiger partial charge in [0.1, 0.15) is 0 Å². The molecule has 2 saturated heterocycles. The Bertz CT molecular complexity index is 1150. The van der Waals surface area contributed by atoms with Crippen LogP contribution in [0.2, 0.25) is 0 Å². The van der Waals surface area contributed by atoms with Crippen LogP contribution in [0.25, 0.3) is 0 Å². The summed E-state index contributed by atoms with van der Waals surface area (Å²) in [5.74, 6) is -1.18. The van der Waals surface area contributed by atoms with Crippen LogP contribution in [-0.2, 0) is 30.4 Å². The number of carbonyl (C=O) groups excluding carboxylic acids is 2. The van der Waals surface area contributed by atoms with Crippen LogP contribution in [0.5, 0.6) is 0 Å². The first-order valence-electron chi connectivity index (χ1n) is 11.3. The Balaban J connectivity index is 1.44. The number of benzene rings is 2. The first-order valence-corrected chi connectivity index (χ1v) is 11.3. The molecule has 4 nitrogen and oxygen atoms in total. The fourth-order valence-electron chi connectivity index (χ4n) is 5.67. The number of nitrogens with zero attached hydrogens (tertiary/aromatic N) is 1. The highest BCUT2D eigenvalue weighted by Gasteiger charge is 2.41. The Labute approximate surface area is 189 Å². The van der Waals surface area contributed by atoms with Crippen molar-refractivity contribution in [2.24, 2.45) is 0 Å². The molecule has 2 aromatic carbocycles. The van der Waals surface area contributed by atoms with Gasteiger partial charge in [0.25, 0.3) is 0 Å². The molecule has 0 spiro atoms. The number of rotatable bonds is 5. The number of aliphatic hydroxyl groups excluding tert-OH is 1. The third kappa shape index (κ3) is 3.78. The number of allylic oxidation sites excluding steroid dienone is 2. The van der Waals surface area contributed by atoms with Crippen LogP contribution in [0, 0.1) is 0 Å². The molecular weight excluding hydrogens is 431 g/mol. The van der Waals surface area contributed by atoms with Crippen molar-refractivity contribution < 1.29 is 27.9 Å². The van der Waals surface area contributed by atoms with Gasteiger partial charge in [0.15, 0.2) is 11.6 Å². The zero-order valence-electron chi connectivity index (χ0n) is 18.0. The predicted octanol–water partition coefficient (Wildman–Crippen LogP) is 4.81. The highest BCUT2D eigenvalue weighted by molar-refractivity contribution is 6.28. The minimum Gasteiger partial charge on any atom is -0.392 e. The fourth-order valence-corrected chi connectivity index (χ4v) is 5.67. The summed E-state index contributed by atoms with van der Waals surface area (Å²) in [6.45, 7) is -0.353. The first kappa shape index (κ1) is 21.9. The fraction of sp³-hybridized carbons (Fsp3) is 0.385. The van der Waals surface area contributed by atoms with Crippen molar-refractivity contribution in [1.29, 1.82) is 0 Å². The predicted molar refractivity (Wildman–Crippen MR) is 117 cm³/mol. The second-order valence-electron chi connectivity index (χ2n) is 9.07. The van der Waals surface area contributed by atoms with Gasteiger partial charge in [-0.1, -0.05) is 30.3 Å². The summed E-state index contributed by atoms with van der Waals surface area (Å²) in [6, 6.07) is 9.87. The lowest BCUT2D eigenvalue weighted by atomic mass is 9.84. The van der Waals surface area contributed by atoms with Gasteiger partial charge in [-0.3, -0.25) is 9.59 Å². The van der Waals surface area contributed by atoms with Crippen molar-refractivity contribution in [3.05, 3.63) is 75.9 Å². The normalized spacial score (nSPS) is 21.9. The van der Waals surface area contributed by atoms with E-state index in [2.05, 4.69) is 4.90 Å². The lowest BCUT2D eigenvalue weighted by Gasteiger charge is -2.26. The van der Waals surface area contributed by atoms with Crippen molar-refractivity contribution in [3.63, 3.8) is 0 Å². The van der Waals surface area contributed by atoms with E-state index in [9.17, 15) is 27.9 Å². The molecule has 0 saturated carbocycles. The third-order valence-corrected chi connectivity index (χ3v) is 7.21. The quantitative estimate of drug-likeness (QED) is 0.658. The minimum absolute atomic E-state index is 0.113. The molecule has 7 heteroatoms. The second-order valence-corrected chi connectivity index (χ2v) is 9.07. The number of ketones is 2. The van der Waals surface area contributed by atoms with E-state index < -0.39 is 29.7 Å². The Morgan fingerprint density at radius 1 is 1.03 bits per heavy atom. The Morgan fingerprint density at radius 2 is 1.73 bits per heavy atom. The standard InChI is InChI=1S/C26H24F3NO3/c27-26(28,29)22-13-20(30-18-7-8-19(30)10-9-18)6-4-16(22)12-23(32)21-11-5-15-2-1-3-17(14-31)24(15)25(21)33/h1-4,6,11,13,18-19,31H,5,7-10,12,14H2. The van der Waals surface area contributed by atoms with Gasteiger partial charge in [-0.25, -0.2) is 0 Å². The van der Waals surface area contributed by atoms with Gasteiger partial charge in [-0.05, 0) is 60.9 Å². The molecule has 1 N–H and O–H groups in total. The number of carbonyl (C=O) groups is 2. The van der Waals surface area contributed by atoms with Crippen molar-refractivity contribution in [3.8, 4) is 0 Å². The highest BCUT2D eigenvalue weighted by atomic mass is 19.4. The molecule has 0 radical (unpaired) electrons. The number of hydrogen-bond acceptors (Lipinski definition) is 4. The number of hydrogen-bond donors (Lipinski definition) is 1. The Hall–Kier alpha value is -2.93. The van der Waals surface area contributed by atoms with Crippen LogP contribution in [0.1, 0.15) is 58.3 Å². The summed E-state index contributed by atoms with van der Waals surface area (Å²) in [5, 5.41) is 9.57. The third-order valence-electron chi connectivity index (χ3n) is 7.21. The lowest BCUT2D eigenvalue weighted by Crippen LogP contribution is -2.28. The maximum Gasteiger partial charge on any atom is 0.416 e. The first-order chi connectivity index (χ1) is 15.8. The van der Waals surface area contributed by atoms with Crippen molar-refractivity contribution in [2.75, 3.05) is 4.90 Å². The average Bonchev–Trinajstić information content (AvgIpc) is 3.39. The molecule has 0 unspecified atom stereocenters. The number of aliphatic hydroxyl groups is 1. The Kier molecular flexibility index (Phi) is 5.40. The molecule has 2 aromatic rings. The van der Waals surface area contributed by atoms with E-state index in [1.165, 1.54) is 12.1 Å². The molecule has 0 aromatic heterocycles. The maximum absolute atomic E-state index is 14.0. The number of halogens is 3. The number of Topliss-reactive ketones (excluding diaryl/α,β-unsaturated/α-hetero) is 2. The van der Waals surface area contributed by atoms with E-state index in [0.29, 0.717) is 23.2 Å². The lowest BCUT2D eigenvalue weighted by molar-refractivity contribution is -0.138. The van der Waals surface area contributed by atoms with E-state index in [4.69, 9.17) is 0 Å². The van der Waals surface area contributed by atoms with Gasteiger partial charge in [0, 0.05) is 29.8 Å². The van der Waals surface area contributed by atoms with Crippen LogP contribution in [0.4, 0.5) is 18.9 Å². The molecule has 172 valence electrons. The molecule has 2 bridgehead atoms. The van der Waals surface area contributed by atoms with Crippen LogP contribution >= 0.6 is 0 Å². The zero-order valence-corrected chi connectivity index (χ0v) is 18.0. The molecular formula is C26H24F3NO3. The number of fused-ring (bicyclic) bond motifs is 3. The van der Waals surface area contributed by atoms with Crippen LogP contribution in [0.15, 0.2) is 48.0 Å². The minimum atomic E-state index is -4.61. The van der Waals surface area contributed by atoms with E-state index in [1.807, 2.05) is 0 Å². The molecule has 2 aliphatic heterocycles. The monoisotopic (exact) mass is 455 g/mol. The van der Waals surface area contributed by atoms with Crippen LogP contribution in [0.3, 0.4) is 0 Å². The summed E-state index contributed by atoms with van der Waals surface area (Å²) in [4.78, 5) is 28.1.